The van der Waals surface area contributed by atoms with E-state index in [4.69, 9.17) is 16.7 Å². The number of halogens is 1. The van der Waals surface area contributed by atoms with Crippen molar-refractivity contribution in [1.82, 2.24) is 9.78 Å². The molecule has 3 aromatic rings. The van der Waals surface area contributed by atoms with Gasteiger partial charge in [-0.1, -0.05) is 17.7 Å². The molecule has 0 radical (unpaired) electrons. The van der Waals surface area contributed by atoms with Gasteiger partial charge < -0.3 is 5.11 Å². The van der Waals surface area contributed by atoms with Crippen LogP contribution in [0.5, 0.6) is 0 Å². The summed E-state index contributed by atoms with van der Waals surface area (Å²) in [6.07, 6.45) is 1.77. The largest absolute Gasteiger partial charge is 0.478 e. The number of hydrogen-bond donors (Lipinski definition) is 2. The molecule has 2 aromatic carbocycles. The molecular formula is C17H14ClN3O4S. The first-order valence-electron chi connectivity index (χ1n) is 7.45. The van der Waals surface area contributed by atoms with Crippen molar-refractivity contribution in [2.75, 3.05) is 4.72 Å². The van der Waals surface area contributed by atoms with Gasteiger partial charge >= 0.3 is 5.97 Å². The number of carboxylic acids is 1. The van der Waals surface area contributed by atoms with Gasteiger partial charge in [-0.3, -0.25) is 4.72 Å². The number of aromatic nitrogens is 2. The lowest BCUT2D eigenvalue weighted by atomic mass is 10.2. The van der Waals surface area contributed by atoms with E-state index in [1.54, 1.807) is 35.1 Å². The van der Waals surface area contributed by atoms with Gasteiger partial charge in [0.2, 0.25) is 0 Å². The number of aryl methyl sites for hydroxylation is 1. The van der Waals surface area contributed by atoms with Crippen LogP contribution >= 0.6 is 11.6 Å². The third kappa shape index (κ3) is 3.71. The molecule has 1 aromatic heterocycles. The number of carboxylic acid groups (broad SMARTS) is 1. The molecule has 0 saturated heterocycles. The Morgan fingerprint density at radius 1 is 1.19 bits per heavy atom. The Kier molecular flexibility index (Phi) is 4.71. The summed E-state index contributed by atoms with van der Waals surface area (Å²) in [4.78, 5) is 10.9. The van der Waals surface area contributed by atoms with Gasteiger partial charge in [0.05, 0.1) is 32.6 Å². The van der Waals surface area contributed by atoms with Crippen molar-refractivity contribution in [3.63, 3.8) is 0 Å². The van der Waals surface area contributed by atoms with Crippen molar-refractivity contribution in [3.05, 3.63) is 71.0 Å². The average Bonchev–Trinajstić information content (AvgIpc) is 3.01. The van der Waals surface area contributed by atoms with Crippen LogP contribution in [-0.2, 0) is 10.0 Å². The summed E-state index contributed by atoms with van der Waals surface area (Å²) < 4.78 is 29.2. The first kappa shape index (κ1) is 18.0. The molecule has 0 fully saturated rings. The van der Waals surface area contributed by atoms with E-state index in [-0.39, 0.29) is 15.5 Å². The van der Waals surface area contributed by atoms with Crippen molar-refractivity contribution < 1.29 is 18.3 Å². The molecule has 26 heavy (non-hydrogen) atoms. The molecule has 0 aliphatic carbocycles. The lowest BCUT2D eigenvalue weighted by molar-refractivity contribution is 0.0697. The third-order valence-electron chi connectivity index (χ3n) is 3.57. The zero-order valence-corrected chi connectivity index (χ0v) is 15.1. The number of benzene rings is 2. The average molecular weight is 392 g/mol. The summed E-state index contributed by atoms with van der Waals surface area (Å²) in [6, 6.07) is 12.0. The van der Waals surface area contributed by atoms with E-state index in [0.717, 1.165) is 17.8 Å². The Labute approximate surface area is 154 Å². The predicted octanol–water partition coefficient (Wildman–Crippen LogP) is 3.33. The van der Waals surface area contributed by atoms with Crippen molar-refractivity contribution in [2.45, 2.75) is 11.8 Å². The minimum Gasteiger partial charge on any atom is -0.478 e. The van der Waals surface area contributed by atoms with E-state index in [0.29, 0.717) is 11.4 Å². The first-order chi connectivity index (χ1) is 12.3. The molecule has 0 amide bonds. The molecule has 0 saturated carbocycles. The van der Waals surface area contributed by atoms with Crippen LogP contribution in [0.4, 0.5) is 5.69 Å². The second-order valence-electron chi connectivity index (χ2n) is 5.50. The molecule has 1 heterocycles. The van der Waals surface area contributed by atoms with E-state index in [2.05, 4.69) is 9.82 Å². The maximum absolute atomic E-state index is 12.5. The fourth-order valence-electron chi connectivity index (χ4n) is 2.32. The van der Waals surface area contributed by atoms with Gasteiger partial charge in [0.1, 0.15) is 0 Å². The van der Waals surface area contributed by atoms with Gasteiger partial charge in [0.25, 0.3) is 10.0 Å². The number of carbonyl (C=O) groups is 1. The smallest absolute Gasteiger partial charge is 0.337 e. The minimum absolute atomic E-state index is 0.132. The zero-order valence-electron chi connectivity index (χ0n) is 13.5. The second-order valence-corrected chi connectivity index (χ2v) is 7.59. The van der Waals surface area contributed by atoms with Crippen LogP contribution in [0.3, 0.4) is 0 Å². The fourth-order valence-corrected chi connectivity index (χ4v) is 3.72. The number of hydrogen-bond acceptors (Lipinski definition) is 4. The van der Waals surface area contributed by atoms with E-state index in [1.165, 1.54) is 6.07 Å². The van der Waals surface area contributed by atoms with E-state index >= 15 is 0 Å². The maximum Gasteiger partial charge on any atom is 0.337 e. The standard InChI is InChI=1S/C17H14ClN3O4S/c1-11-7-8-21(19-11)13-4-2-3-12(9-13)20-26(24,25)14-5-6-15(17(22)23)16(18)10-14/h2-10,20H,1H3,(H,22,23). The van der Waals surface area contributed by atoms with Gasteiger partial charge in [-0.15, -0.1) is 0 Å². The van der Waals surface area contributed by atoms with Crippen LogP contribution in [0.25, 0.3) is 5.69 Å². The monoisotopic (exact) mass is 391 g/mol. The quantitative estimate of drug-likeness (QED) is 0.694. The van der Waals surface area contributed by atoms with Crippen LogP contribution in [-0.4, -0.2) is 29.3 Å². The summed E-state index contributed by atoms with van der Waals surface area (Å²) in [6.45, 7) is 1.85. The van der Waals surface area contributed by atoms with Gasteiger partial charge in [-0.2, -0.15) is 5.10 Å². The van der Waals surface area contributed by atoms with Gasteiger partial charge in [0, 0.05) is 6.20 Å². The van der Waals surface area contributed by atoms with Crippen molar-refractivity contribution in [1.29, 1.82) is 0 Å². The van der Waals surface area contributed by atoms with Crippen LogP contribution in [0.2, 0.25) is 5.02 Å². The molecule has 0 bridgehead atoms. The first-order valence-corrected chi connectivity index (χ1v) is 9.31. The number of sulfonamides is 1. The van der Waals surface area contributed by atoms with Crippen molar-refractivity contribution >= 4 is 33.3 Å². The van der Waals surface area contributed by atoms with E-state index in [9.17, 15) is 13.2 Å². The Bertz CT molecular complexity index is 1090. The van der Waals surface area contributed by atoms with Gasteiger partial charge in [-0.25, -0.2) is 17.9 Å². The summed E-state index contributed by atoms with van der Waals surface area (Å²) in [5.74, 6) is -1.23. The molecule has 134 valence electrons. The molecule has 0 atom stereocenters. The molecule has 2 N–H and O–H groups in total. The lowest BCUT2D eigenvalue weighted by Gasteiger charge is -2.10. The fraction of sp³-hybridized carbons (Fsp3) is 0.0588. The highest BCUT2D eigenvalue weighted by molar-refractivity contribution is 7.92. The Hall–Kier alpha value is -2.84. The van der Waals surface area contributed by atoms with Crippen LogP contribution in [0.15, 0.2) is 59.6 Å². The Morgan fingerprint density at radius 2 is 1.96 bits per heavy atom. The van der Waals surface area contributed by atoms with Crippen molar-refractivity contribution in [2.24, 2.45) is 0 Å². The maximum atomic E-state index is 12.5. The Morgan fingerprint density at radius 3 is 2.58 bits per heavy atom. The number of anilines is 1. The summed E-state index contributed by atoms with van der Waals surface area (Å²) >= 11 is 5.86. The van der Waals surface area contributed by atoms with E-state index < -0.39 is 16.0 Å². The summed E-state index contributed by atoms with van der Waals surface area (Å²) in [7, 11) is -3.93. The SMILES string of the molecule is Cc1ccn(-c2cccc(NS(=O)(=O)c3ccc(C(=O)O)c(Cl)c3)c2)n1. The molecule has 0 spiro atoms. The highest BCUT2D eigenvalue weighted by Gasteiger charge is 2.18. The molecule has 0 aliphatic rings. The van der Waals surface area contributed by atoms with Gasteiger partial charge in [0.15, 0.2) is 0 Å². The number of aromatic carboxylic acids is 1. The van der Waals surface area contributed by atoms with E-state index in [1.807, 2.05) is 13.0 Å². The molecule has 7 nitrogen and oxygen atoms in total. The summed E-state index contributed by atoms with van der Waals surface area (Å²) in [5, 5.41) is 13.1. The second kappa shape index (κ2) is 6.81. The van der Waals surface area contributed by atoms with Crippen LogP contribution in [0, 0.1) is 6.92 Å². The van der Waals surface area contributed by atoms with Crippen LogP contribution < -0.4 is 4.72 Å². The van der Waals surface area contributed by atoms with Gasteiger partial charge in [-0.05, 0) is 49.4 Å². The highest BCUT2D eigenvalue weighted by atomic mass is 35.5. The molecule has 0 unspecified atom stereocenters. The topological polar surface area (TPSA) is 101 Å². The lowest BCUT2D eigenvalue weighted by Crippen LogP contribution is -2.13. The van der Waals surface area contributed by atoms with Crippen molar-refractivity contribution in [3.8, 4) is 5.69 Å². The predicted molar refractivity (Wildman–Crippen MR) is 97.5 cm³/mol. The number of nitrogens with one attached hydrogen (secondary N) is 1. The molecule has 9 heteroatoms. The van der Waals surface area contributed by atoms with Crippen LogP contribution in [0.1, 0.15) is 16.1 Å². The number of nitrogens with zero attached hydrogens (tertiary/aromatic N) is 2. The number of rotatable bonds is 5. The summed E-state index contributed by atoms with van der Waals surface area (Å²) in [5.41, 5.74) is 1.71. The third-order valence-corrected chi connectivity index (χ3v) is 5.26. The minimum atomic E-state index is -3.93. The highest BCUT2D eigenvalue weighted by Crippen LogP contribution is 2.23. The Balaban J connectivity index is 1.90. The normalized spacial score (nSPS) is 11.3. The molecular weight excluding hydrogens is 378 g/mol. The zero-order chi connectivity index (χ0) is 18.9. The molecule has 3 rings (SSSR count). The molecule has 0 aliphatic heterocycles.